The Bertz CT molecular complexity index is 1560. The number of ether oxygens (including phenoxy) is 2. The number of carboxylic acids is 2. The maximum absolute atomic E-state index is 11.7. The van der Waals surface area contributed by atoms with E-state index in [2.05, 4.69) is 0 Å². The van der Waals surface area contributed by atoms with Gasteiger partial charge >= 0.3 is 11.9 Å². The van der Waals surface area contributed by atoms with Gasteiger partial charge in [-0.3, -0.25) is 9.59 Å². The molecule has 0 bridgehead atoms. The number of benzene rings is 3. The van der Waals surface area contributed by atoms with Crippen molar-refractivity contribution in [2.45, 2.75) is 39.7 Å². The van der Waals surface area contributed by atoms with Crippen LogP contribution in [-0.2, 0) is 22.6 Å². The molecule has 0 saturated carbocycles. The van der Waals surface area contributed by atoms with E-state index in [4.69, 9.17) is 14.6 Å². The second kappa shape index (κ2) is 14.0. The molecule has 0 amide bonds. The van der Waals surface area contributed by atoms with Crippen LogP contribution >= 0.6 is 0 Å². The molecule has 2 N–H and O–H groups in total. The summed E-state index contributed by atoms with van der Waals surface area (Å²) in [6.45, 7) is 4.66. The van der Waals surface area contributed by atoms with Crippen LogP contribution in [0.4, 0.5) is 0 Å². The van der Waals surface area contributed by atoms with Crippen LogP contribution in [0.25, 0.3) is 23.1 Å². The maximum Gasteiger partial charge on any atom is 0.323 e. The van der Waals surface area contributed by atoms with Gasteiger partial charge in [-0.2, -0.15) is 0 Å². The number of aryl methyl sites for hydroxylation is 2. The summed E-state index contributed by atoms with van der Waals surface area (Å²) in [4.78, 5) is 22.7. The van der Waals surface area contributed by atoms with Crippen molar-refractivity contribution in [3.05, 3.63) is 107 Å². The zero-order chi connectivity index (χ0) is 29.2. The molecule has 3 aromatic carbocycles. The fourth-order valence-corrected chi connectivity index (χ4v) is 4.83. The second-order valence-corrected chi connectivity index (χ2v) is 9.80. The first-order valence-electron chi connectivity index (χ1n) is 13.6. The van der Waals surface area contributed by atoms with Gasteiger partial charge in [-0.1, -0.05) is 60.7 Å². The van der Waals surface area contributed by atoms with E-state index < -0.39 is 11.9 Å². The van der Waals surface area contributed by atoms with Gasteiger partial charge in [0, 0.05) is 17.5 Å². The van der Waals surface area contributed by atoms with Crippen LogP contribution in [0.5, 0.6) is 11.5 Å². The molecule has 0 aliphatic heterocycles. The van der Waals surface area contributed by atoms with Gasteiger partial charge in [0.25, 0.3) is 0 Å². The van der Waals surface area contributed by atoms with E-state index in [-0.39, 0.29) is 13.0 Å². The third-order valence-electron chi connectivity index (χ3n) is 6.89. The molecule has 4 rings (SSSR count). The van der Waals surface area contributed by atoms with Gasteiger partial charge in [0.2, 0.25) is 0 Å². The van der Waals surface area contributed by atoms with Gasteiger partial charge in [-0.05, 0) is 79.3 Å². The smallest absolute Gasteiger partial charge is 0.323 e. The third kappa shape index (κ3) is 7.88. The van der Waals surface area contributed by atoms with Gasteiger partial charge in [-0.25, -0.2) is 0 Å². The van der Waals surface area contributed by atoms with Crippen LogP contribution in [0.2, 0.25) is 0 Å². The van der Waals surface area contributed by atoms with Crippen LogP contribution in [0, 0.1) is 13.8 Å². The summed E-state index contributed by atoms with van der Waals surface area (Å²) in [5.74, 6) is -0.132. The highest BCUT2D eigenvalue weighted by Gasteiger charge is 2.18. The van der Waals surface area contributed by atoms with E-state index in [1.165, 1.54) is 0 Å². The minimum absolute atomic E-state index is 0.0724. The van der Waals surface area contributed by atoms with E-state index >= 15 is 0 Å². The quantitative estimate of drug-likeness (QED) is 0.130. The molecule has 0 unspecified atom stereocenters. The number of fused-ring (bicyclic) bond motifs is 1. The monoisotopic (exact) mass is 553 g/mol. The predicted octanol–water partition coefficient (Wildman–Crippen LogP) is 6.93. The van der Waals surface area contributed by atoms with Crippen LogP contribution in [-0.4, -0.2) is 39.9 Å². The SMILES string of the molecule is Cc1ccccc1OCC=CCOc1ccc(C=Cc2cccc3c(CCCC(=O)O)c(C)n(CC(=O)O)c23)cc1. The number of para-hydroxylation sites is 2. The number of carboxylic acid groups (broad SMARTS) is 2. The Kier molecular flexibility index (Phi) is 9.99. The standard InChI is InChI=1S/C34H35NO6/c1-24-9-3-4-13-31(24)41-22-6-5-21-40-28-19-16-26(17-20-28)15-18-27-10-7-12-30-29(11-8-14-32(36)37)25(2)35(34(27)30)23-33(38)39/h3-7,9-10,12-13,15-20H,8,11,14,21-23H2,1-2H3,(H,36,37)(H,38,39). The summed E-state index contributed by atoms with van der Waals surface area (Å²) in [5, 5.41) is 19.6. The van der Waals surface area contributed by atoms with E-state index in [1.807, 2.05) is 109 Å². The van der Waals surface area contributed by atoms with Crippen molar-refractivity contribution in [3.63, 3.8) is 0 Å². The summed E-state index contributed by atoms with van der Waals surface area (Å²) >= 11 is 0. The topological polar surface area (TPSA) is 98.0 Å². The van der Waals surface area contributed by atoms with Crippen molar-refractivity contribution >= 4 is 35.0 Å². The van der Waals surface area contributed by atoms with Crippen LogP contribution in [0.3, 0.4) is 0 Å². The first kappa shape index (κ1) is 29.2. The lowest BCUT2D eigenvalue weighted by atomic mass is 10.0. The molecule has 0 spiro atoms. The summed E-state index contributed by atoms with van der Waals surface area (Å²) < 4.78 is 13.4. The van der Waals surface area contributed by atoms with Crippen LogP contribution in [0.1, 0.15) is 40.8 Å². The normalized spacial score (nSPS) is 11.5. The van der Waals surface area contributed by atoms with Crippen molar-refractivity contribution in [3.8, 4) is 11.5 Å². The molecule has 0 atom stereocenters. The Morgan fingerprint density at radius 3 is 2.27 bits per heavy atom. The summed E-state index contributed by atoms with van der Waals surface area (Å²) in [7, 11) is 0. The Morgan fingerprint density at radius 1 is 0.829 bits per heavy atom. The molecule has 212 valence electrons. The number of carbonyl (C=O) groups is 2. The molecule has 0 aliphatic rings. The van der Waals surface area contributed by atoms with E-state index in [9.17, 15) is 14.7 Å². The Morgan fingerprint density at radius 2 is 1.56 bits per heavy atom. The lowest BCUT2D eigenvalue weighted by Gasteiger charge is -2.08. The number of hydrogen-bond acceptors (Lipinski definition) is 4. The third-order valence-corrected chi connectivity index (χ3v) is 6.89. The zero-order valence-electron chi connectivity index (χ0n) is 23.4. The van der Waals surface area contributed by atoms with Gasteiger partial charge in [0.05, 0.1) is 5.52 Å². The van der Waals surface area contributed by atoms with Gasteiger partial charge in [-0.15, -0.1) is 0 Å². The van der Waals surface area contributed by atoms with Crippen LogP contribution in [0.15, 0.2) is 78.9 Å². The second-order valence-electron chi connectivity index (χ2n) is 9.80. The molecule has 7 nitrogen and oxygen atoms in total. The van der Waals surface area contributed by atoms with Crippen molar-refractivity contribution in [2.24, 2.45) is 0 Å². The molecule has 41 heavy (non-hydrogen) atoms. The highest BCUT2D eigenvalue weighted by atomic mass is 16.5. The number of hydrogen-bond donors (Lipinski definition) is 2. The molecule has 1 heterocycles. The number of aromatic nitrogens is 1. The highest BCUT2D eigenvalue weighted by Crippen LogP contribution is 2.31. The Labute approximate surface area is 240 Å². The fraction of sp³-hybridized carbons (Fsp3) is 0.235. The highest BCUT2D eigenvalue weighted by molar-refractivity contribution is 5.95. The Hall–Kier alpha value is -4.78. The minimum atomic E-state index is -0.926. The molecule has 0 fully saturated rings. The predicted molar refractivity (Wildman–Crippen MR) is 162 cm³/mol. The van der Waals surface area contributed by atoms with Gasteiger partial charge < -0.3 is 24.3 Å². The van der Waals surface area contributed by atoms with Crippen LogP contribution < -0.4 is 9.47 Å². The summed E-state index contributed by atoms with van der Waals surface area (Å²) in [5.41, 5.74) is 5.67. The number of rotatable bonds is 14. The van der Waals surface area contributed by atoms with Crippen molar-refractivity contribution < 1.29 is 29.3 Å². The van der Waals surface area contributed by atoms with Gasteiger partial charge in [0.1, 0.15) is 31.3 Å². The van der Waals surface area contributed by atoms with E-state index in [1.54, 1.807) is 0 Å². The van der Waals surface area contributed by atoms with E-state index in [0.29, 0.717) is 26.1 Å². The first-order valence-corrected chi connectivity index (χ1v) is 13.6. The molecular weight excluding hydrogens is 518 g/mol. The fourth-order valence-electron chi connectivity index (χ4n) is 4.83. The number of nitrogens with zero attached hydrogens (tertiary/aromatic N) is 1. The Balaban J connectivity index is 1.41. The molecule has 0 radical (unpaired) electrons. The lowest BCUT2D eigenvalue weighted by molar-refractivity contribution is -0.138. The van der Waals surface area contributed by atoms with Gasteiger partial charge in [0.15, 0.2) is 0 Å². The molecule has 7 heteroatoms. The summed E-state index contributed by atoms with van der Waals surface area (Å²) in [6, 6.07) is 21.6. The minimum Gasteiger partial charge on any atom is -0.490 e. The zero-order valence-corrected chi connectivity index (χ0v) is 23.4. The average Bonchev–Trinajstić information content (AvgIpc) is 3.21. The molecule has 0 aliphatic carbocycles. The summed E-state index contributed by atoms with van der Waals surface area (Å²) in [6.07, 6.45) is 8.97. The maximum atomic E-state index is 11.7. The molecular formula is C34H35NO6. The average molecular weight is 554 g/mol. The molecule has 1 aromatic heterocycles. The van der Waals surface area contributed by atoms with E-state index in [0.717, 1.165) is 50.3 Å². The molecule has 0 saturated heterocycles. The largest absolute Gasteiger partial charge is 0.490 e. The van der Waals surface area contributed by atoms with Crippen molar-refractivity contribution in [2.75, 3.05) is 13.2 Å². The number of aliphatic carboxylic acids is 2. The first-order chi connectivity index (χ1) is 19.8. The lowest BCUT2D eigenvalue weighted by Crippen LogP contribution is -2.10. The van der Waals surface area contributed by atoms with Crippen molar-refractivity contribution in [1.82, 2.24) is 4.57 Å². The molecule has 4 aromatic rings. The van der Waals surface area contributed by atoms with Crippen molar-refractivity contribution in [1.29, 1.82) is 0 Å².